The molecule has 0 radical (unpaired) electrons. The van der Waals surface area contributed by atoms with Crippen LogP contribution in [-0.4, -0.2) is 23.3 Å². The normalized spacial score (nSPS) is 10.4. The van der Waals surface area contributed by atoms with Crippen LogP contribution in [0.2, 0.25) is 0 Å². The fourth-order valence-corrected chi connectivity index (χ4v) is 2.65. The first-order valence-corrected chi connectivity index (χ1v) is 8.07. The van der Waals surface area contributed by atoms with Gasteiger partial charge in [-0.15, -0.1) is 0 Å². The third-order valence-electron chi connectivity index (χ3n) is 3.80. The van der Waals surface area contributed by atoms with Crippen molar-refractivity contribution in [2.75, 3.05) is 11.9 Å². The molecule has 0 saturated heterocycles. The molecule has 126 valence electrons. The van der Waals surface area contributed by atoms with Gasteiger partial charge in [-0.1, -0.05) is 48.0 Å². The molecule has 5 heteroatoms. The first-order chi connectivity index (χ1) is 12.1. The molecule has 2 amide bonds. The average molecular weight is 333 g/mol. The third kappa shape index (κ3) is 4.41. The molecule has 2 N–H and O–H groups in total. The van der Waals surface area contributed by atoms with Crippen LogP contribution in [0.3, 0.4) is 0 Å². The minimum Gasteiger partial charge on any atom is -0.347 e. The summed E-state index contributed by atoms with van der Waals surface area (Å²) >= 11 is 0. The summed E-state index contributed by atoms with van der Waals surface area (Å²) in [6, 6.07) is 17.1. The van der Waals surface area contributed by atoms with Crippen LogP contribution < -0.4 is 10.6 Å². The maximum absolute atomic E-state index is 12.1. The van der Waals surface area contributed by atoms with Gasteiger partial charge in [0.15, 0.2) is 0 Å². The average Bonchev–Trinajstić information content (AvgIpc) is 2.60. The van der Waals surface area contributed by atoms with Gasteiger partial charge in [-0.25, -0.2) is 0 Å². The van der Waals surface area contributed by atoms with Gasteiger partial charge in [0.25, 0.3) is 0 Å². The number of anilines is 1. The summed E-state index contributed by atoms with van der Waals surface area (Å²) in [4.78, 5) is 28.4. The van der Waals surface area contributed by atoms with E-state index < -0.39 is 0 Å². The number of nitrogens with zero attached hydrogens (tertiary/aromatic N) is 1. The van der Waals surface area contributed by atoms with Gasteiger partial charge < -0.3 is 10.6 Å². The third-order valence-corrected chi connectivity index (χ3v) is 3.80. The summed E-state index contributed by atoms with van der Waals surface area (Å²) in [5.41, 5.74) is 3.39. The van der Waals surface area contributed by atoms with Crippen LogP contribution in [0.4, 0.5) is 5.69 Å². The van der Waals surface area contributed by atoms with E-state index in [9.17, 15) is 9.59 Å². The van der Waals surface area contributed by atoms with Gasteiger partial charge in [-0.3, -0.25) is 14.6 Å². The molecule has 25 heavy (non-hydrogen) atoms. The van der Waals surface area contributed by atoms with Crippen molar-refractivity contribution < 1.29 is 9.59 Å². The Hall–Kier alpha value is -3.21. The van der Waals surface area contributed by atoms with Crippen molar-refractivity contribution in [1.29, 1.82) is 0 Å². The molecule has 0 atom stereocenters. The van der Waals surface area contributed by atoms with E-state index >= 15 is 0 Å². The number of pyridine rings is 1. The number of rotatable bonds is 5. The fourth-order valence-electron chi connectivity index (χ4n) is 2.65. The van der Waals surface area contributed by atoms with Crippen molar-refractivity contribution in [3.8, 4) is 0 Å². The second-order valence-corrected chi connectivity index (χ2v) is 5.87. The van der Waals surface area contributed by atoms with E-state index in [0.29, 0.717) is 5.69 Å². The second-order valence-electron chi connectivity index (χ2n) is 5.87. The van der Waals surface area contributed by atoms with Crippen LogP contribution in [-0.2, 0) is 16.0 Å². The quantitative estimate of drug-likeness (QED) is 0.754. The molecule has 1 heterocycles. The molecule has 0 saturated carbocycles. The van der Waals surface area contributed by atoms with Gasteiger partial charge in [-0.05, 0) is 24.6 Å². The van der Waals surface area contributed by atoms with Crippen molar-refractivity contribution in [3.63, 3.8) is 0 Å². The number of hydrogen-bond acceptors (Lipinski definition) is 3. The summed E-state index contributed by atoms with van der Waals surface area (Å²) < 4.78 is 0. The predicted molar refractivity (Wildman–Crippen MR) is 98.3 cm³/mol. The van der Waals surface area contributed by atoms with Crippen LogP contribution in [0.15, 0.2) is 60.8 Å². The van der Waals surface area contributed by atoms with Crippen molar-refractivity contribution in [1.82, 2.24) is 10.3 Å². The Kier molecular flexibility index (Phi) is 5.04. The molecule has 0 spiro atoms. The molecule has 0 aliphatic heterocycles. The van der Waals surface area contributed by atoms with Crippen molar-refractivity contribution >= 4 is 28.4 Å². The molecule has 3 rings (SSSR count). The summed E-state index contributed by atoms with van der Waals surface area (Å²) in [5.74, 6) is -0.465. The number of nitrogens with one attached hydrogen (secondary N) is 2. The van der Waals surface area contributed by atoms with E-state index in [4.69, 9.17) is 0 Å². The van der Waals surface area contributed by atoms with E-state index in [2.05, 4.69) is 15.6 Å². The Morgan fingerprint density at radius 2 is 1.80 bits per heavy atom. The number of carbonyl (C=O) groups excluding carboxylic acids is 2. The SMILES string of the molecule is Cc1cccc(CC(=O)NCC(=O)Nc2cccc3cccnc23)c1. The lowest BCUT2D eigenvalue weighted by atomic mass is 10.1. The lowest BCUT2D eigenvalue weighted by Gasteiger charge is -2.09. The summed E-state index contributed by atoms with van der Waals surface area (Å²) in [6.07, 6.45) is 1.94. The summed E-state index contributed by atoms with van der Waals surface area (Å²) in [6.45, 7) is 1.90. The number of benzene rings is 2. The molecule has 0 aliphatic rings. The predicted octanol–water partition coefficient (Wildman–Crippen LogP) is 2.84. The topological polar surface area (TPSA) is 71.1 Å². The van der Waals surface area contributed by atoms with Gasteiger partial charge in [0.2, 0.25) is 11.8 Å². The number of aromatic nitrogens is 1. The molecule has 0 aliphatic carbocycles. The number of carbonyl (C=O) groups is 2. The fraction of sp³-hybridized carbons (Fsp3) is 0.150. The van der Waals surface area contributed by atoms with Crippen LogP contribution in [0.5, 0.6) is 0 Å². The van der Waals surface area contributed by atoms with E-state index in [1.807, 2.05) is 55.5 Å². The lowest BCUT2D eigenvalue weighted by Crippen LogP contribution is -2.33. The smallest absolute Gasteiger partial charge is 0.243 e. The Bertz CT molecular complexity index is 916. The minimum atomic E-state index is -0.282. The second kappa shape index (κ2) is 7.57. The Morgan fingerprint density at radius 3 is 2.64 bits per heavy atom. The first kappa shape index (κ1) is 16.6. The van der Waals surface area contributed by atoms with Crippen LogP contribution in [0.25, 0.3) is 10.9 Å². The van der Waals surface area contributed by atoms with Gasteiger partial charge in [0.1, 0.15) is 0 Å². The minimum absolute atomic E-state index is 0.0755. The summed E-state index contributed by atoms with van der Waals surface area (Å²) in [5, 5.41) is 6.39. The molecular formula is C20H19N3O2. The van der Waals surface area contributed by atoms with Gasteiger partial charge >= 0.3 is 0 Å². The lowest BCUT2D eigenvalue weighted by molar-refractivity contribution is -0.123. The highest BCUT2D eigenvalue weighted by Gasteiger charge is 2.09. The van der Waals surface area contributed by atoms with Crippen molar-refractivity contribution in [2.45, 2.75) is 13.3 Å². The number of hydrogen-bond donors (Lipinski definition) is 2. The number of para-hydroxylation sites is 1. The molecule has 1 aromatic heterocycles. The number of aryl methyl sites for hydroxylation is 1. The van der Waals surface area contributed by atoms with Crippen molar-refractivity contribution in [2.24, 2.45) is 0 Å². The molecule has 0 bridgehead atoms. The molecule has 5 nitrogen and oxygen atoms in total. The Balaban J connectivity index is 1.56. The van der Waals surface area contributed by atoms with E-state index in [1.54, 1.807) is 12.3 Å². The zero-order valence-corrected chi connectivity index (χ0v) is 14.0. The maximum Gasteiger partial charge on any atom is 0.243 e. The van der Waals surface area contributed by atoms with Gasteiger partial charge in [0, 0.05) is 11.6 Å². The van der Waals surface area contributed by atoms with Crippen molar-refractivity contribution in [3.05, 3.63) is 71.9 Å². The molecule has 2 aromatic carbocycles. The molecule has 3 aromatic rings. The van der Waals surface area contributed by atoms with Crippen LogP contribution in [0, 0.1) is 6.92 Å². The van der Waals surface area contributed by atoms with Crippen LogP contribution in [0.1, 0.15) is 11.1 Å². The largest absolute Gasteiger partial charge is 0.347 e. The molecular weight excluding hydrogens is 314 g/mol. The Morgan fingerprint density at radius 1 is 1.00 bits per heavy atom. The molecule has 0 fully saturated rings. The summed E-state index contributed by atoms with van der Waals surface area (Å²) in [7, 11) is 0. The van der Waals surface area contributed by atoms with Crippen LogP contribution >= 0.6 is 0 Å². The highest BCUT2D eigenvalue weighted by atomic mass is 16.2. The van der Waals surface area contributed by atoms with E-state index in [0.717, 1.165) is 22.0 Å². The van der Waals surface area contributed by atoms with Gasteiger partial charge in [-0.2, -0.15) is 0 Å². The zero-order valence-electron chi connectivity index (χ0n) is 14.0. The Labute approximate surface area is 146 Å². The highest BCUT2D eigenvalue weighted by molar-refractivity contribution is 6.01. The molecule has 0 unspecified atom stereocenters. The zero-order chi connectivity index (χ0) is 17.6. The van der Waals surface area contributed by atoms with E-state index in [1.165, 1.54) is 0 Å². The number of fused-ring (bicyclic) bond motifs is 1. The van der Waals surface area contributed by atoms with Gasteiger partial charge in [0.05, 0.1) is 24.2 Å². The highest BCUT2D eigenvalue weighted by Crippen LogP contribution is 2.20. The van der Waals surface area contributed by atoms with E-state index in [-0.39, 0.29) is 24.8 Å². The maximum atomic E-state index is 12.1. The standard InChI is InChI=1S/C20H19N3O2/c1-14-5-2-6-15(11-14)12-18(24)22-13-19(25)23-17-9-3-7-16-8-4-10-21-20(16)17/h2-11H,12-13H2,1H3,(H,22,24)(H,23,25). The monoisotopic (exact) mass is 333 g/mol. The first-order valence-electron chi connectivity index (χ1n) is 8.07. The number of amides is 2.